The van der Waals surface area contributed by atoms with E-state index in [1.54, 1.807) is 17.0 Å². The SMILES string of the molecule is CC1CCN(C(=O)c2ccc(OC(C)(C)C)nc2)CC1O. The molecule has 1 amide bonds. The topological polar surface area (TPSA) is 62.7 Å². The van der Waals surface area contributed by atoms with Gasteiger partial charge < -0.3 is 14.7 Å². The van der Waals surface area contributed by atoms with E-state index >= 15 is 0 Å². The summed E-state index contributed by atoms with van der Waals surface area (Å²) in [4.78, 5) is 18.3. The third-order valence-corrected chi connectivity index (χ3v) is 3.60. The van der Waals surface area contributed by atoms with Crippen LogP contribution in [0.3, 0.4) is 0 Å². The van der Waals surface area contributed by atoms with E-state index in [1.807, 2.05) is 27.7 Å². The summed E-state index contributed by atoms with van der Waals surface area (Å²) in [5.74, 6) is 0.664. The summed E-state index contributed by atoms with van der Waals surface area (Å²) in [6.45, 7) is 8.92. The molecule has 1 aromatic rings. The molecule has 0 bridgehead atoms. The second kappa shape index (κ2) is 6.02. The Bertz CT molecular complexity index is 493. The van der Waals surface area contributed by atoms with Crippen LogP contribution in [0, 0.1) is 5.92 Å². The van der Waals surface area contributed by atoms with Gasteiger partial charge in [-0.05, 0) is 39.2 Å². The molecule has 1 aliphatic heterocycles. The number of likely N-dealkylation sites (tertiary alicyclic amines) is 1. The molecule has 2 unspecified atom stereocenters. The standard InChI is InChI=1S/C16H24N2O3/c1-11-7-8-18(10-13(11)19)15(20)12-5-6-14(17-9-12)21-16(2,3)4/h5-6,9,11,13,19H,7-8,10H2,1-4H3. The van der Waals surface area contributed by atoms with Crippen LogP contribution in [0.4, 0.5) is 0 Å². The van der Waals surface area contributed by atoms with E-state index in [4.69, 9.17) is 4.74 Å². The van der Waals surface area contributed by atoms with Crippen LogP contribution < -0.4 is 4.74 Å². The molecule has 1 aromatic heterocycles. The molecule has 116 valence electrons. The van der Waals surface area contributed by atoms with Crippen molar-refractivity contribution in [2.24, 2.45) is 5.92 Å². The Morgan fingerprint density at radius 1 is 1.43 bits per heavy atom. The molecule has 2 rings (SSSR count). The number of aliphatic hydroxyl groups excluding tert-OH is 1. The number of hydrogen-bond donors (Lipinski definition) is 1. The van der Waals surface area contributed by atoms with E-state index in [0.29, 0.717) is 24.5 Å². The Labute approximate surface area is 125 Å². The Kier molecular flexibility index (Phi) is 4.52. The second-order valence-corrected chi connectivity index (χ2v) is 6.68. The zero-order valence-electron chi connectivity index (χ0n) is 13.2. The van der Waals surface area contributed by atoms with E-state index in [0.717, 1.165) is 6.42 Å². The largest absolute Gasteiger partial charge is 0.472 e. The summed E-state index contributed by atoms with van der Waals surface area (Å²) in [6, 6.07) is 3.43. The zero-order chi connectivity index (χ0) is 15.6. The maximum atomic E-state index is 12.4. The van der Waals surface area contributed by atoms with Gasteiger partial charge in [-0.15, -0.1) is 0 Å². The molecule has 2 heterocycles. The fraction of sp³-hybridized carbons (Fsp3) is 0.625. The third-order valence-electron chi connectivity index (χ3n) is 3.60. The van der Waals surface area contributed by atoms with Crippen molar-refractivity contribution in [3.8, 4) is 5.88 Å². The summed E-state index contributed by atoms with van der Waals surface area (Å²) in [6.07, 6.45) is 1.92. The Hall–Kier alpha value is -1.62. The highest BCUT2D eigenvalue weighted by Crippen LogP contribution is 2.20. The fourth-order valence-electron chi connectivity index (χ4n) is 2.30. The van der Waals surface area contributed by atoms with Gasteiger partial charge in [-0.1, -0.05) is 6.92 Å². The molecule has 1 aliphatic rings. The lowest BCUT2D eigenvalue weighted by atomic mass is 9.96. The van der Waals surface area contributed by atoms with Gasteiger partial charge in [-0.25, -0.2) is 4.98 Å². The van der Waals surface area contributed by atoms with E-state index < -0.39 is 6.10 Å². The summed E-state index contributed by atoms with van der Waals surface area (Å²) in [5, 5.41) is 9.89. The number of carbonyl (C=O) groups excluding carboxylic acids is 1. The zero-order valence-corrected chi connectivity index (χ0v) is 13.2. The molecule has 0 aliphatic carbocycles. The highest BCUT2D eigenvalue weighted by molar-refractivity contribution is 5.94. The molecule has 1 fully saturated rings. The van der Waals surface area contributed by atoms with Crippen molar-refractivity contribution in [2.75, 3.05) is 13.1 Å². The molecule has 0 spiro atoms. The van der Waals surface area contributed by atoms with Crippen LogP contribution in [0.2, 0.25) is 0 Å². The van der Waals surface area contributed by atoms with Gasteiger partial charge in [0.05, 0.1) is 11.7 Å². The van der Waals surface area contributed by atoms with Crippen LogP contribution in [0.25, 0.3) is 0 Å². The van der Waals surface area contributed by atoms with Crippen molar-refractivity contribution >= 4 is 5.91 Å². The normalized spacial score (nSPS) is 23.0. The highest BCUT2D eigenvalue weighted by atomic mass is 16.5. The van der Waals surface area contributed by atoms with Crippen molar-refractivity contribution in [3.63, 3.8) is 0 Å². The first kappa shape index (κ1) is 15.8. The first-order valence-corrected chi connectivity index (χ1v) is 7.38. The molecule has 0 saturated carbocycles. The van der Waals surface area contributed by atoms with Gasteiger partial charge in [0.1, 0.15) is 5.60 Å². The third kappa shape index (κ3) is 4.17. The van der Waals surface area contributed by atoms with E-state index in [2.05, 4.69) is 4.98 Å². The number of carbonyl (C=O) groups is 1. The molecule has 21 heavy (non-hydrogen) atoms. The van der Waals surface area contributed by atoms with Gasteiger partial charge in [-0.3, -0.25) is 4.79 Å². The van der Waals surface area contributed by atoms with Crippen LogP contribution in [-0.4, -0.2) is 45.7 Å². The van der Waals surface area contributed by atoms with E-state index in [-0.39, 0.29) is 17.4 Å². The molecule has 0 radical (unpaired) electrons. The molecule has 5 nitrogen and oxygen atoms in total. The quantitative estimate of drug-likeness (QED) is 0.906. The lowest BCUT2D eigenvalue weighted by Crippen LogP contribution is -2.45. The summed E-state index contributed by atoms with van der Waals surface area (Å²) in [7, 11) is 0. The number of hydrogen-bond acceptors (Lipinski definition) is 4. The van der Waals surface area contributed by atoms with Gasteiger partial charge in [0, 0.05) is 25.4 Å². The number of rotatable bonds is 2. The first-order valence-electron chi connectivity index (χ1n) is 7.38. The fourth-order valence-corrected chi connectivity index (χ4v) is 2.30. The molecular weight excluding hydrogens is 268 g/mol. The lowest BCUT2D eigenvalue weighted by Gasteiger charge is -2.34. The van der Waals surface area contributed by atoms with Crippen molar-refractivity contribution < 1.29 is 14.6 Å². The smallest absolute Gasteiger partial charge is 0.255 e. The average Bonchev–Trinajstić information content (AvgIpc) is 2.40. The summed E-state index contributed by atoms with van der Waals surface area (Å²) < 4.78 is 5.64. The minimum Gasteiger partial charge on any atom is -0.472 e. The molecule has 5 heteroatoms. The maximum absolute atomic E-state index is 12.4. The van der Waals surface area contributed by atoms with Crippen LogP contribution in [0.15, 0.2) is 18.3 Å². The lowest BCUT2D eigenvalue weighted by molar-refractivity contribution is 0.0248. The number of ether oxygens (including phenoxy) is 1. The predicted molar refractivity (Wildman–Crippen MR) is 80.3 cm³/mol. The summed E-state index contributed by atoms with van der Waals surface area (Å²) >= 11 is 0. The Morgan fingerprint density at radius 2 is 2.14 bits per heavy atom. The van der Waals surface area contributed by atoms with Gasteiger partial charge in [-0.2, -0.15) is 0 Å². The van der Waals surface area contributed by atoms with Gasteiger partial charge in [0.25, 0.3) is 5.91 Å². The van der Waals surface area contributed by atoms with E-state index in [1.165, 1.54) is 6.20 Å². The van der Waals surface area contributed by atoms with Gasteiger partial charge >= 0.3 is 0 Å². The highest BCUT2D eigenvalue weighted by Gasteiger charge is 2.28. The number of aromatic nitrogens is 1. The molecule has 1 N–H and O–H groups in total. The van der Waals surface area contributed by atoms with Crippen LogP contribution in [-0.2, 0) is 0 Å². The minimum absolute atomic E-state index is 0.0873. The number of β-amino-alcohol motifs (C(OH)–C–C–N with tert-alkyl or cyclic N) is 1. The molecular formula is C16H24N2O3. The molecule has 1 saturated heterocycles. The second-order valence-electron chi connectivity index (χ2n) is 6.68. The van der Waals surface area contributed by atoms with E-state index in [9.17, 15) is 9.90 Å². The first-order chi connectivity index (χ1) is 9.76. The number of pyridine rings is 1. The molecule has 0 aromatic carbocycles. The van der Waals surface area contributed by atoms with Crippen molar-refractivity contribution in [1.29, 1.82) is 0 Å². The number of amides is 1. The minimum atomic E-state index is -0.445. The summed E-state index contributed by atoms with van der Waals surface area (Å²) in [5.41, 5.74) is 0.212. The number of nitrogens with zero attached hydrogens (tertiary/aromatic N) is 2. The average molecular weight is 292 g/mol. The van der Waals surface area contributed by atoms with Crippen molar-refractivity contribution in [1.82, 2.24) is 9.88 Å². The van der Waals surface area contributed by atoms with Gasteiger partial charge in [0.2, 0.25) is 5.88 Å². The monoisotopic (exact) mass is 292 g/mol. The Morgan fingerprint density at radius 3 is 2.67 bits per heavy atom. The van der Waals surface area contributed by atoms with Crippen LogP contribution in [0.1, 0.15) is 44.5 Å². The number of piperidine rings is 1. The Balaban J connectivity index is 2.03. The van der Waals surface area contributed by atoms with Crippen LogP contribution >= 0.6 is 0 Å². The maximum Gasteiger partial charge on any atom is 0.255 e. The predicted octanol–water partition coefficient (Wildman–Crippen LogP) is 2.10. The van der Waals surface area contributed by atoms with Gasteiger partial charge in [0.15, 0.2) is 0 Å². The number of aliphatic hydroxyl groups is 1. The van der Waals surface area contributed by atoms with Crippen molar-refractivity contribution in [3.05, 3.63) is 23.9 Å². The van der Waals surface area contributed by atoms with Crippen LogP contribution in [0.5, 0.6) is 5.88 Å². The van der Waals surface area contributed by atoms with Crippen molar-refractivity contribution in [2.45, 2.75) is 45.8 Å². The molecule has 2 atom stereocenters.